The van der Waals surface area contributed by atoms with Gasteiger partial charge in [0.25, 0.3) is 5.91 Å². The Morgan fingerprint density at radius 3 is 2.66 bits per heavy atom. The maximum atomic E-state index is 13.1. The number of hydrogen-bond acceptors (Lipinski definition) is 6. The van der Waals surface area contributed by atoms with Crippen LogP contribution in [0.3, 0.4) is 0 Å². The van der Waals surface area contributed by atoms with Gasteiger partial charge in [-0.3, -0.25) is 4.79 Å². The van der Waals surface area contributed by atoms with Gasteiger partial charge in [0.2, 0.25) is 5.88 Å². The van der Waals surface area contributed by atoms with E-state index in [1.807, 2.05) is 68.6 Å². The van der Waals surface area contributed by atoms with Gasteiger partial charge < -0.3 is 20.1 Å². The van der Waals surface area contributed by atoms with Gasteiger partial charge in [0.15, 0.2) is 0 Å². The van der Waals surface area contributed by atoms with Crippen LogP contribution < -0.4 is 20.1 Å². The molecule has 2 aromatic heterocycles. The highest BCUT2D eigenvalue weighted by atomic mass is 16.5. The fourth-order valence-corrected chi connectivity index (χ4v) is 3.97. The molecular formula is C31H34N4O3. The number of nitrogens with one attached hydrogen (secondary N) is 2. The number of unbranched alkanes of at least 4 members (excludes halogenated alkanes) is 3. The standard InChI is InChI=1S/C31H34N4O3/c1-4-5-6-7-18-37-26-11-8-10-25(21-26)35-30(36)24-14-13-22(2)28(19-24)38-31-27(12-9-16-34-31)23-15-17-33-29(20-23)32-3/h8-17,19-21H,4-7,18H2,1-3H3,(H,32,33)(H,35,36). The Balaban J connectivity index is 1.48. The maximum absolute atomic E-state index is 13.1. The van der Waals surface area contributed by atoms with E-state index in [4.69, 9.17) is 9.47 Å². The molecule has 4 aromatic rings. The minimum Gasteiger partial charge on any atom is -0.494 e. The Hall–Kier alpha value is -4.39. The van der Waals surface area contributed by atoms with Crippen LogP contribution in [-0.2, 0) is 0 Å². The summed E-state index contributed by atoms with van der Waals surface area (Å²) in [6.07, 6.45) is 8.00. The quantitative estimate of drug-likeness (QED) is 0.192. The lowest BCUT2D eigenvalue weighted by Crippen LogP contribution is -2.12. The van der Waals surface area contributed by atoms with Crippen molar-refractivity contribution in [3.63, 3.8) is 0 Å². The second-order valence-corrected chi connectivity index (χ2v) is 9.01. The largest absolute Gasteiger partial charge is 0.494 e. The number of amides is 1. The third-order valence-corrected chi connectivity index (χ3v) is 6.11. The van der Waals surface area contributed by atoms with Crippen LogP contribution in [0.15, 0.2) is 79.1 Å². The van der Waals surface area contributed by atoms with Gasteiger partial charge in [0.05, 0.1) is 6.61 Å². The average Bonchev–Trinajstić information content (AvgIpc) is 2.94. The second kappa shape index (κ2) is 13.2. The lowest BCUT2D eigenvalue weighted by atomic mass is 10.1. The topological polar surface area (TPSA) is 85.4 Å². The van der Waals surface area contributed by atoms with Crippen molar-refractivity contribution in [2.45, 2.75) is 39.5 Å². The van der Waals surface area contributed by atoms with Crippen molar-refractivity contribution >= 4 is 17.4 Å². The molecule has 0 saturated heterocycles. The molecule has 7 nitrogen and oxygen atoms in total. The van der Waals surface area contributed by atoms with Crippen LogP contribution in [0.5, 0.6) is 17.4 Å². The first-order chi connectivity index (χ1) is 18.6. The van der Waals surface area contributed by atoms with Gasteiger partial charge in [0, 0.05) is 42.3 Å². The summed E-state index contributed by atoms with van der Waals surface area (Å²) in [6, 6.07) is 20.5. The number of anilines is 2. The molecule has 0 fully saturated rings. The highest BCUT2D eigenvalue weighted by Gasteiger charge is 2.14. The van der Waals surface area contributed by atoms with Crippen molar-refractivity contribution in [3.8, 4) is 28.5 Å². The number of pyridine rings is 2. The van der Waals surface area contributed by atoms with Crippen molar-refractivity contribution < 1.29 is 14.3 Å². The fourth-order valence-electron chi connectivity index (χ4n) is 3.97. The van der Waals surface area contributed by atoms with Gasteiger partial charge in [0.1, 0.15) is 17.3 Å². The molecular weight excluding hydrogens is 476 g/mol. The van der Waals surface area contributed by atoms with E-state index >= 15 is 0 Å². The van der Waals surface area contributed by atoms with Crippen molar-refractivity contribution in [1.29, 1.82) is 0 Å². The Kier molecular flexibility index (Phi) is 9.29. The summed E-state index contributed by atoms with van der Waals surface area (Å²) < 4.78 is 12.1. The number of hydrogen-bond donors (Lipinski definition) is 2. The van der Waals surface area contributed by atoms with E-state index in [0.29, 0.717) is 29.5 Å². The van der Waals surface area contributed by atoms with Gasteiger partial charge in [-0.2, -0.15) is 0 Å². The van der Waals surface area contributed by atoms with Gasteiger partial charge in [-0.25, -0.2) is 9.97 Å². The number of aromatic nitrogens is 2. The highest BCUT2D eigenvalue weighted by Crippen LogP contribution is 2.33. The van der Waals surface area contributed by atoms with Gasteiger partial charge >= 0.3 is 0 Å². The fraction of sp³-hybridized carbons (Fsp3) is 0.258. The molecule has 0 saturated carbocycles. The molecule has 2 aromatic carbocycles. The molecule has 196 valence electrons. The maximum Gasteiger partial charge on any atom is 0.255 e. The smallest absolute Gasteiger partial charge is 0.255 e. The zero-order valence-electron chi connectivity index (χ0n) is 22.2. The van der Waals surface area contributed by atoms with E-state index in [1.165, 1.54) is 12.8 Å². The summed E-state index contributed by atoms with van der Waals surface area (Å²) in [5.74, 6) is 2.27. The molecule has 4 rings (SSSR count). The minimum atomic E-state index is -0.232. The summed E-state index contributed by atoms with van der Waals surface area (Å²) in [5, 5.41) is 6.02. The van der Waals surface area contributed by atoms with E-state index in [0.717, 1.165) is 41.1 Å². The van der Waals surface area contributed by atoms with Crippen LogP contribution >= 0.6 is 0 Å². The molecule has 0 aliphatic heterocycles. The molecule has 2 N–H and O–H groups in total. The summed E-state index contributed by atoms with van der Waals surface area (Å²) in [4.78, 5) is 21.8. The van der Waals surface area contributed by atoms with Gasteiger partial charge in [-0.05, 0) is 73.0 Å². The Morgan fingerprint density at radius 2 is 1.82 bits per heavy atom. The zero-order valence-corrected chi connectivity index (χ0v) is 22.2. The third kappa shape index (κ3) is 7.09. The summed E-state index contributed by atoms with van der Waals surface area (Å²) in [6.45, 7) is 4.79. The number of carbonyl (C=O) groups excluding carboxylic acids is 1. The molecule has 0 bridgehead atoms. The predicted molar refractivity (Wildman–Crippen MR) is 152 cm³/mol. The van der Waals surface area contributed by atoms with Gasteiger partial charge in [-0.15, -0.1) is 0 Å². The number of nitrogens with zero attached hydrogens (tertiary/aromatic N) is 2. The second-order valence-electron chi connectivity index (χ2n) is 9.01. The van der Waals surface area contributed by atoms with Crippen LogP contribution in [0.25, 0.3) is 11.1 Å². The van der Waals surface area contributed by atoms with Crippen molar-refractivity contribution in [1.82, 2.24) is 9.97 Å². The molecule has 7 heteroatoms. The van der Waals surface area contributed by atoms with Crippen LogP contribution in [0.2, 0.25) is 0 Å². The first-order valence-electron chi connectivity index (χ1n) is 13.0. The summed E-state index contributed by atoms with van der Waals surface area (Å²) in [5.41, 5.74) is 3.80. The van der Waals surface area contributed by atoms with E-state index in [1.54, 1.807) is 24.5 Å². The van der Waals surface area contributed by atoms with Crippen LogP contribution in [0, 0.1) is 6.92 Å². The van der Waals surface area contributed by atoms with E-state index in [-0.39, 0.29) is 5.91 Å². The SMILES string of the molecule is CCCCCCOc1cccc(NC(=O)c2ccc(C)c(Oc3ncccc3-c3ccnc(NC)c3)c2)c1. The van der Waals surface area contributed by atoms with E-state index < -0.39 is 0 Å². The van der Waals surface area contributed by atoms with E-state index in [9.17, 15) is 4.79 Å². The third-order valence-electron chi connectivity index (χ3n) is 6.11. The molecule has 38 heavy (non-hydrogen) atoms. The molecule has 0 spiro atoms. The molecule has 0 unspecified atom stereocenters. The number of carbonyl (C=O) groups is 1. The highest BCUT2D eigenvalue weighted by molar-refractivity contribution is 6.04. The summed E-state index contributed by atoms with van der Waals surface area (Å²) >= 11 is 0. The number of benzene rings is 2. The zero-order chi connectivity index (χ0) is 26.7. The lowest BCUT2D eigenvalue weighted by Gasteiger charge is -2.14. The molecule has 2 heterocycles. The molecule has 0 atom stereocenters. The molecule has 0 aliphatic rings. The number of rotatable bonds is 12. The molecule has 0 aliphatic carbocycles. The molecule has 1 amide bonds. The number of ether oxygens (including phenoxy) is 2. The van der Waals surface area contributed by atoms with E-state index in [2.05, 4.69) is 27.5 Å². The normalized spacial score (nSPS) is 10.6. The minimum absolute atomic E-state index is 0.232. The first-order valence-corrected chi connectivity index (χ1v) is 13.0. The van der Waals surface area contributed by atoms with Crippen LogP contribution in [-0.4, -0.2) is 29.5 Å². The van der Waals surface area contributed by atoms with Gasteiger partial charge in [-0.1, -0.05) is 38.3 Å². The average molecular weight is 511 g/mol. The summed E-state index contributed by atoms with van der Waals surface area (Å²) in [7, 11) is 1.82. The van der Waals surface area contributed by atoms with Crippen LogP contribution in [0.1, 0.15) is 48.5 Å². The number of aryl methyl sites for hydroxylation is 1. The van der Waals surface area contributed by atoms with Crippen molar-refractivity contribution in [2.24, 2.45) is 0 Å². The monoisotopic (exact) mass is 510 g/mol. The lowest BCUT2D eigenvalue weighted by molar-refractivity contribution is 0.102. The Labute approximate surface area is 224 Å². The molecule has 0 radical (unpaired) electrons. The first kappa shape index (κ1) is 26.7. The Morgan fingerprint density at radius 1 is 0.921 bits per heavy atom. The van der Waals surface area contributed by atoms with Crippen molar-refractivity contribution in [2.75, 3.05) is 24.3 Å². The Bertz CT molecular complexity index is 1370. The van der Waals surface area contributed by atoms with Crippen LogP contribution in [0.4, 0.5) is 11.5 Å². The predicted octanol–water partition coefficient (Wildman–Crippen LogP) is 7.50. The van der Waals surface area contributed by atoms with Crippen molar-refractivity contribution in [3.05, 3.63) is 90.3 Å².